The van der Waals surface area contributed by atoms with Gasteiger partial charge in [0.05, 0.1) is 6.10 Å². The fraction of sp³-hybridized carbons (Fsp3) is 0.538. The van der Waals surface area contributed by atoms with Gasteiger partial charge < -0.3 is 20.1 Å². The molecule has 128 valence electrons. The molecule has 2 rings (SSSR count). The molecule has 1 saturated heterocycles. The number of nitrogens with two attached hydrogens (primary N) is 1. The smallest absolute Gasteiger partial charge is 0.329 e. The van der Waals surface area contributed by atoms with Gasteiger partial charge in [-0.3, -0.25) is 4.79 Å². The van der Waals surface area contributed by atoms with Crippen molar-refractivity contribution in [2.24, 2.45) is 12.8 Å². The number of carbonyl (C=O) groups is 2. The molecule has 1 aromatic heterocycles. The lowest BCUT2D eigenvalue weighted by atomic mass is 10.1. The molecule has 9 nitrogen and oxygen atoms in total. The van der Waals surface area contributed by atoms with Gasteiger partial charge in [0.2, 0.25) is 10.0 Å². The molecule has 0 unspecified atom stereocenters. The highest BCUT2D eigenvalue weighted by Gasteiger charge is 2.31. The molecule has 1 fully saturated rings. The molecule has 23 heavy (non-hydrogen) atoms. The van der Waals surface area contributed by atoms with Crippen LogP contribution in [0.2, 0.25) is 0 Å². The molecular formula is C13H19N3O6S. The summed E-state index contributed by atoms with van der Waals surface area (Å²) in [6.45, 7) is 0.0684. The SMILES string of the molecule is Cn1cc(S(=O)(=O)N2CCC(OCC(=O)O)CC2)cc1C(N)=O. The molecule has 0 saturated carbocycles. The first kappa shape index (κ1) is 17.4. The Kier molecular flexibility index (Phi) is 5.07. The summed E-state index contributed by atoms with van der Waals surface area (Å²) in [7, 11) is -2.17. The first-order valence-electron chi connectivity index (χ1n) is 7.01. The molecular weight excluding hydrogens is 326 g/mol. The molecule has 0 atom stereocenters. The summed E-state index contributed by atoms with van der Waals surface area (Å²) in [4.78, 5) is 21.7. The van der Waals surface area contributed by atoms with Crippen LogP contribution in [0.3, 0.4) is 0 Å². The van der Waals surface area contributed by atoms with E-state index >= 15 is 0 Å². The minimum atomic E-state index is -3.72. The van der Waals surface area contributed by atoms with E-state index in [1.807, 2.05) is 0 Å². The lowest BCUT2D eigenvalue weighted by Crippen LogP contribution is -2.41. The quantitative estimate of drug-likeness (QED) is 0.706. The van der Waals surface area contributed by atoms with Gasteiger partial charge in [0.25, 0.3) is 5.91 Å². The van der Waals surface area contributed by atoms with Crippen molar-refractivity contribution in [3.8, 4) is 0 Å². The molecule has 0 bridgehead atoms. The number of rotatable bonds is 6. The third kappa shape index (κ3) is 3.89. The maximum absolute atomic E-state index is 12.6. The highest BCUT2D eigenvalue weighted by Crippen LogP contribution is 2.23. The predicted octanol–water partition coefficient (Wildman–Crippen LogP) is -0.622. The van der Waals surface area contributed by atoms with E-state index in [1.54, 1.807) is 7.05 Å². The first-order chi connectivity index (χ1) is 10.7. The summed E-state index contributed by atoms with van der Waals surface area (Å²) in [6.07, 6.45) is 1.92. The Bertz CT molecular complexity index is 703. The van der Waals surface area contributed by atoms with Gasteiger partial charge in [-0.2, -0.15) is 4.31 Å². The Morgan fingerprint density at radius 3 is 2.48 bits per heavy atom. The van der Waals surface area contributed by atoms with Crippen LogP contribution in [0.1, 0.15) is 23.3 Å². The van der Waals surface area contributed by atoms with Gasteiger partial charge in [-0.1, -0.05) is 0 Å². The Morgan fingerprint density at radius 1 is 1.39 bits per heavy atom. The van der Waals surface area contributed by atoms with Crippen LogP contribution < -0.4 is 5.73 Å². The van der Waals surface area contributed by atoms with E-state index in [1.165, 1.54) is 21.1 Å². The Balaban J connectivity index is 2.06. The fourth-order valence-electron chi connectivity index (χ4n) is 2.50. The second kappa shape index (κ2) is 6.69. The number of sulfonamides is 1. The Morgan fingerprint density at radius 2 is 2.00 bits per heavy atom. The highest BCUT2D eigenvalue weighted by atomic mass is 32.2. The predicted molar refractivity (Wildman–Crippen MR) is 79.3 cm³/mol. The first-order valence-corrected chi connectivity index (χ1v) is 8.45. The Hall–Kier alpha value is -1.91. The van der Waals surface area contributed by atoms with Crippen molar-refractivity contribution in [3.63, 3.8) is 0 Å². The number of hydrogen-bond donors (Lipinski definition) is 2. The lowest BCUT2D eigenvalue weighted by Gasteiger charge is -2.30. The van der Waals surface area contributed by atoms with Crippen molar-refractivity contribution in [2.75, 3.05) is 19.7 Å². The van der Waals surface area contributed by atoms with Crippen LogP contribution in [-0.2, 0) is 26.6 Å². The zero-order valence-corrected chi connectivity index (χ0v) is 13.5. The minimum Gasteiger partial charge on any atom is -0.480 e. The van der Waals surface area contributed by atoms with Crippen LogP contribution >= 0.6 is 0 Å². The monoisotopic (exact) mass is 345 g/mol. The Labute approximate surface area is 133 Å². The fourth-order valence-corrected chi connectivity index (χ4v) is 4.04. The molecule has 1 aromatic rings. The number of piperidine rings is 1. The van der Waals surface area contributed by atoms with Crippen LogP contribution in [-0.4, -0.2) is 60.1 Å². The van der Waals surface area contributed by atoms with Crippen molar-refractivity contribution in [2.45, 2.75) is 23.8 Å². The van der Waals surface area contributed by atoms with E-state index in [2.05, 4.69) is 0 Å². The van der Waals surface area contributed by atoms with Gasteiger partial charge in [-0.15, -0.1) is 0 Å². The van der Waals surface area contributed by atoms with Crippen molar-refractivity contribution >= 4 is 21.9 Å². The maximum Gasteiger partial charge on any atom is 0.329 e. The van der Waals surface area contributed by atoms with Crippen molar-refractivity contribution in [3.05, 3.63) is 18.0 Å². The largest absolute Gasteiger partial charge is 0.480 e. The number of nitrogens with zero attached hydrogens (tertiary/aromatic N) is 2. The van der Waals surface area contributed by atoms with E-state index in [4.69, 9.17) is 15.6 Å². The molecule has 10 heteroatoms. The van der Waals surface area contributed by atoms with Gasteiger partial charge >= 0.3 is 5.97 Å². The molecule has 0 radical (unpaired) electrons. The van der Waals surface area contributed by atoms with Crippen LogP contribution in [0.25, 0.3) is 0 Å². The van der Waals surface area contributed by atoms with Gasteiger partial charge in [0, 0.05) is 26.3 Å². The van der Waals surface area contributed by atoms with Crippen LogP contribution in [0.5, 0.6) is 0 Å². The van der Waals surface area contributed by atoms with E-state index < -0.39 is 28.5 Å². The van der Waals surface area contributed by atoms with Gasteiger partial charge in [0.1, 0.15) is 17.2 Å². The summed E-state index contributed by atoms with van der Waals surface area (Å²) in [5.74, 6) is -1.75. The summed E-state index contributed by atoms with van der Waals surface area (Å²) >= 11 is 0. The third-order valence-corrected chi connectivity index (χ3v) is 5.58. The molecule has 1 amide bonds. The second-order valence-corrected chi connectivity index (χ2v) is 7.28. The number of ether oxygens (including phenoxy) is 1. The average molecular weight is 345 g/mol. The highest BCUT2D eigenvalue weighted by molar-refractivity contribution is 7.89. The van der Waals surface area contributed by atoms with E-state index in [-0.39, 0.29) is 29.8 Å². The van der Waals surface area contributed by atoms with Crippen LogP contribution in [0.4, 0.5) is 0 Å². The van der Waals surface area contributed by atoms with Gasteiger partial charge in [-0.05, 0) is 18.9 Å². The van der Waals surface area contributed by atoms with E-state index in [0.717, 1.165) is 0 Å². The average Bonchev–Trinajstić information content (AvgIpc) is 2.88. The number of carbonyl (C=O) groups excluding carboxylic acids is 1. The summed E-state index contributed by atoms with van der Waals surface area (Å²) in [5, 5.41) is 8.58. The summed E-state index contributed by atoms with van der Waals surface area (Å²) in [6, 6.07) is 1.25. The van der Waals surface area contributed by atoms with Crippen LogP contribution in [0, 0.1) is 0 Å². The van der Waals surface area contributed by atoms with Crippen LogP contribution in [0.15, 0.2) is 17.2 Å². The molecule has 1 aliphatic rings. The number of carboxylic acids is 1. The molecule has 0 spiro atoms. The van der Waals surface area contributed by atoms with Crippen molar-refractivity contribution < 1.29 is 27.9 Å². The standard InChI is InChI=1S/C13H19N3O6S/c1-15-7-10(6-11(15)13(14)19)23(20,21)16-4-2-9(3-5-16)22-8-12(17)18/h6-7,9H,2-5,8H2,1H3,(H2,14,19)(H,17,18). The molecule has 2 heterocycles. The van der Waals surface area contributed by atoms with E-state index in [0.29, 0.717) is 12.8 Å². The number of amides is 1. The summed E-state index contributed by atoms with van der Waals surface area (Å²) < 4.78 is 33.0. The topological polar surface area (TPSA) is 132 Å². The number of primary amides is 1. The zero-order chi connectivity index (χ0) is 17.2. The molecule has 0 aliphatic carbocycles. The number of aromatic nitrogens is 1. The summed E-state index contributed by atoms with van der Waals surface area (Å²) in [5.41, 5.74) is 5.31. The molecule has 0 aromatic carbocycles. The molecule has 1 aliphatic heterocycles. The number of aliphatic carboxylic acids is 1. The number of carboxylic acid groups (broad SMARTS) is 1. The van der Waals surface area contributed by atoms with Crippen molar-refractivity contribution in [1.82, 2.24) is 8.87 Å². The lowest BCUT2D eigenvalue weighted by molar-refractivity contribution is -0.145. The van der Waals surface area contributed by atoms with Gasteiger partial charge in [-0.25, -0.2) is 13.2 Å². The van der Waals surface area contributed by atoms with Gasteiger partial charge in [0.15, 0.2) is 0 Å². The third-order valence-electron chi connectivity index (χ3n) is 3.71. The maximum atomic E-state index is 12.6. The normalized spacial score (nSPS) is 17.3. The minimum absolute atomic E-state index is 0.0127. The second-order valence-electron chi connectivity index (χ2n) is 5.34. The van der Waals surface area contributed by atoms with Crippen molar-refractivity contribution in [1.29, 1.82) is 0 Å². The number of aryl methyl sites for hydroxylation is 1. The van der Waals surface area contributed by atoms with E-state index in [9.17, 15) is 18.0 Å². The zero-order valence-electron chi connectivity index (χ0n) is 12.6. The molecule has 3 N–H and O–H groups in total. The number of hydrogen-bond acceptors (Lipinski definition) is 5.